The van der Waals surface area contributed by atoms with E-state index in [9.17, 15) is 9.59 Å². The van der Waals surface area contributed by atoms with Crippen LogP contribution in [0.3, 0.4) is 0 Å². The van der Waals surface area contributed by atoms with Gasteiger partial charge in [0.25, 0.3) is 11.8 Å². The number of rotatable bonds is 4. The van der Waals surface area contributed by atoms with Crippen molar-refractivity contribution < 1.29 is 9.59 Å². The van der Waals surface area contributed by atoms with Crippen LogP contribution in [0.25, 0.3) is 5.65 Å². The molecule has 0 aliphatic carbocycles. The predicted octanol–water partition coefficient (Wildman–Crippen LogP) is 3.54. The van der Waals surface area contributed by atoms with Crippen LogP contribution in [-0.2, 0) is 0 Å². The van der Waals surface area contributed by atoms with Crippen LogP contribution in [0, 0.1) is 6.92 Å². The smallest absolute Gasteiger partial charge is 0.274 e. The van der Waals surface area contributed by atoms with Crippen molar-refractivity contribution in [3.63, 3.8) is 0 Å². The summed E-state index contributed by atoms with van der Waals surface area (Å²) in [5, 5.41) is 5.60. The van der Waals surface area contributed by atoms with Gasteiger partial charge in [-0.05, 0) is 55.5 Å². The summed E-state index contributed by atoms with van der Waals surface area (Å²) >= 11 is 0. The molecule has 0 atom stereocenters. The number of carbonyl (C=O) groups excluding carboxylic acids is 2. The van der Waals surface area contributed by atoms with E-state index in [2.05, 4.69) is 20.6 Å². The molecule has 7 nitrogen and oxygen atoms in total. The molecule has 0 unspecified atom stereocenters. The van der Waals surface area contributed by atoms with Gasteiger partial charge in [0.15, 0.2) is 0 Å². The third kappa shape index (κ3) is 3.45. The number of fused-ring (bicyclic) bond motifs is 1. The summed E-state index contributed by atoms with van der Waals surface area (Å²) in [5.74, 6) is -0.516. The number of nitrogens with zero attached hydrogens (tertiary/aromatic N) is 3. The highest BCUT2D eigenvalue weighted by atomic mass is 16.2. The molecule has 4 rings (SSSR count). The molecule has 0 aliphatic heterocycles. The molecule has 4 aromatic rings. The van der Waals surface area contributed by atoms with Crippen molar-refractivity contribution in [2.24, 2.45) is 0 Å². The predicted molar refractivity (Wildman–Crippen MR) is 107 cm³/mol. The molecule has 0 radical (unpaired) electrons. The third-order valence-corrected chi connectivity index (χ3v) is 4.28. The number of imidazole rings is 1. The summed E-state index contributed by atoms with van der Waals surface area (Å²) < 4.78 is 1.80. The molecule has 7 heteroatoms. The SMILES string of the molecule is Cc1cccc2ncc(C(=O)Nc3ccc(C(=O)Nc4cccnc4)cc3)n12. The molecule has 138 valence electrons. The van der Waals surface area contributed by atoms with E-state index in [-0.39, 0.29) is 11.8 Å². The van der Waals surface area contributed by atoms with Crippen molar-refractivity contribution in [3.8, 4) is 0 Å². The van der Waals surface area contributed by atoms with Crippen LogP contribution < -0.4 is 10.6 Å². The lowest BCUT2D eigenvalue weighted by Crippen LogP contribution is -2.15. The van der Waals surface area contributed by atoms with Gasteiger partial charge in [-0.15, -0.1) is 0 Å². The van der Waals surface area contributed by atoms with Gasteiger partial charge in [0, 0.05) is 23.1 Å². The Morgan fingerprint density at radius 2 is 1.64 bits per heavy atom. The van der Waals surface area contributed by atoms with E-state index in [1.54, 1.807) is 59.4 Å². The molecule has 0 bridgehead atoms. The Morgan fingerprint density at radius 3 is 2.39 bits per heavy atom. The van der Waals surface area contributed by atoms with Crippen LogP contribution in [-0.4, -0.2) is 26.2 Å². The van der Waals surface area contributed by atoms with E-state index in [0.717, 1.165) is 5.69 Å². The zero-order chi connectivity index (χ0) is 19.5. The van der Waals surface area contributed by atoms with Gasteiger partial charge in [-0.1, -0.05) is 6.07 Å². The highest BCUT2D eigenvalue weighted by Crippen LogP contribution is 2.15. The van der Waals surface area contributed by atoms with Gasteiger partial charge < -0.3 is 10.6 Å². The second-order valence-electron chi connectivity index (χ2n) is 6.23. The quantitative estimate of drug-likeness (QED) is 0.574. The van der Waals surface area contributed by atoms with Crippen molar-refractivity contribution in [3.05, 3.63) is 90.1 Å². The topological polar surface area (TPSA) is 88.4 Å². The average Bonchev–Trinajstić information content (AvgIpc) is 3.15. The number of nitrogens with one attached hydrogen (secondary N) is 2. The Kier molecular flexibility index (Phi) is 4.55. The lowest BCUT2D eigenvalue weighted by Gasteiger charge is -2.08. The van der Waals surface area contributed by atoms with E-state index in [1.807, 2.05) is 25.1 Å². The molecule has 1 aromatic carbocycles. The number of hydrogen-bond donors (Lipinski definition) is 2. The molecule has 3 aromatic heterocycles. The summed E-state index contributed by atoms with van der Waals surface area (Å²) in [6.07, 6.45) is 4.76. The zero-order valence-electron chi connectivity index (χ0n) is 15.1. The van der Waals surface area contributed by atoms with Crippen molar-refractivity contribution in [1.82, 2.24) is 14.4 Å². The normalized spacial score (nSPS) is 10.6. The fraction of sp³-hybridized carbons (Fsp3) is 0.0476. The first-order chi connectivity index (χ1) is 13.6. The third-order valence-electron chi connectivity index (χ3n) is 4.28. The standard InChI is InChI=1S/C21H17N5O2/c1-14-4-2-6-19-23-13-18(26(14)19)21(28)24-16-9-7-15(8-10-16)20(27)25-17-5-3-11-22-12-17/h2-13H,1H3,(H,24,28)(H,25,27). The highest BCUT2D eigenvalue weighted by Gasteiger charge is 2.14. The van der Waals surface area contributed by atoms with Gasteiger partial charge in [0.2, 0.25) is 0 Å². The number of anilines is 2. The van der Waals surface area contributed by atoms with Crippen LogP contribution >= 0.6 is 0 Å². The van der Waals surface area contributed by atoms with E-state index in [0.29, 0.717) is 28.3 Å². The minimum atomic E-state index is -0.269. The molecule has 2 amide bonds. The summed E-state index contributed by atoms with van der Waals surface area (Å²) in [7, 11) is 0. The lowest BCUT2D eigenvalue weighted by molar-refractivity contribution is 0.101. The molecule has 0 spiro atoms. The molecule has 0 saturated heterocycles. The van der Waals surface area contributed by atoms with Gasteiger partial charge >= 0.3 is 0 Å². The van der Waals surface area contributed by atoms with Gasteiger partial charge in [-0.3, -0.25) is 19.0 Å². The van der Waals surface area contributed by atoms with E-state index >= 15 is 0 Å². The Bertz CT molecular complexity index is 1150. The fourth-order valence-electron chi connectivity index (χ4n) is 2.90. The first-order valence-corrected chi connectivity index (χ1v) is 8.68. The van der Waals surface area contributed by atoms with Crippen molar-refractivity contribution in [2.45, 2.75) is 6.92 Å². The minimum Gasteiger partial charge on any atom is -0.321 e. The number of amides is 2. The largest absolute Gasteiger partial charge is 0.321 e. The molecule has 28 heavy (non-hydrogen) atoms. The minimum absolute atomic E-state index is 0.247. The Labute approximate surface area is 161 Å². The number of pyridine rings is 2. The zero-order valence-corrected chi connectivity index (χ0v) is 15.1. The van der Waals surface area contributed by atoms with Crippen LogP contribution in [0.15, 0.2) is 73.2 Å². The van der Waals surface area contributed by atoms with E-state index in [1.165, 1.54) is 0 Å². The molecule has 3 heterocycles. The number of carbonyl (C=O) groups is 2. The summed E-state index contributed by atoms with van der Waals surface area (Å²) in [6, 6.07) is 15.9. The number of aryl methyl sites for hydroxylation is 1. The molecule has 0 fully saturated rings. The summed E-state index contributed by atoms with van der Waals surface area (Å²) in [5.41, 5.74) is 3.77. The van der Waals surface area contributed by atoms with Crippen molar-refractivity contribution in [1.29, 1.82) is 0 Å². The molecule has 2 N–H and O–H groups in total. The van der Waals surface area contributed by atoms with Crippen LogP contribution in [0.4, 0.5) is 11.4 Å². The number of aromatic nitrogens is 3. The van der Waals surface area contributed by atoms with Crippen LogP contribution in [0.1, 0.15) is 26.5 Å². The van der Waals surface area contributed by atoms with Gasteiger partial charge in [-0.2, -0.15) is 0 Å². The molecular formula is C21H17N5O2. The number of benzene rings is 1. The van der Waals surface area contributed by atoms with Gasteiger partial charge in [0.05, 0.1) is 18.1 Å². The molecule has 0 aliphatic rings. The molecule has 0 saturated carbocycles. The second kappa shape index (κ2) is 7.32. The Balaban J connectivity index is 1.48. The van der Waals surface area contributed by atoms with Gasteiger partial charge in [-0.25, -0.2) is 4.98 Å². The van der Waals surface area contributed by atoms with Crippen LogP contribution in [0.2, 0.25) is 0 Å². The maximum Gasteiger partial charge on any atom is 0.274 e. The average molecular weight is 371 g/mol. The summed E-state index contributed by atoms with van der Waals surface area (Å²) in [4.78, 5) is 33.1. The Morgan fingerprint density at radius 1 is 0.857 bits per heavy atom. The molecular weight excluding hydrogens is 354 g/mol. The summed E-state index contributed by atoms with van der Waals surface area (Å²) in [6.45, 7) is 1.92. The van der Waals surface area contributed by atoms with E-state index < -0.39 is 0 Å². The van der Waals surface area contributed by atoms with Gasteiger partial charge in [0.1, 0.15) is 11.3 Å². The highest BCUT2D eigenvalue weighted by molar-refractivity contribution is 6.06. The maximum absolute atomic E-state index is 12.6. The Hall–Kier alpha value is -4.00. The van der Waals surface area contributed by atoms with Crippen LogP contribution in [0.5, 0.6) is 0 Å². The van der Waals surface area contributed by atoms with Crippen molar-refractivity contribution in [2.75, 3.05) is 10.6 Å². The first kappa shape index (κ1) is 17.4. The van der Waals surface area contributed by atoms with Crippen molar-refractivity contribution >= 4 is 28.8 Å². The maximum atomic E-state index is 12.6. The fourth-order valence-corrected chi connectivity index (χ4v) is 2.90. The monoisotopic (exact) mass is 371 g/mol. The lowest BCUT2D eigenvalue weighted by atomic mass is 10.2. The van der Waals surface area contributed by atoms with E-state index in [4.69, 9.17) is 0 Å². The number of hydrogen-bond acceptors (Lipinski definition) is 4. The second-order valence-corrected chi connectivity index (χ2v) is 6.23. The first-order valence-electron chi connectivity index (χ1n) is 8.68.